The predicted octanol–water partition coefficient (Wildman–Crippen LogP) is 11.5. The number of nitrogens with zero attached hydrogens (tertiary/aromatic N) is 6. The van der Waals surface area contributed by atoms with Crippen LogP contribution < -0.4 is 10.5 Å². The van der Waals surface area contributed by atoms with E-state index in [-0.39, 0.29) is 24.4 Å². The van der Waals surface area contributed by atoms with Gasteiger partial charge in [-0.1, -0.05) is 121 Å². The average Bonchev–Trinajstić information content (AvgIpc) is 3.98. The van der Waals surface area contributed by atoms with E-state index < -0.39 is 0 Å². The molecule has 0 spiro atoms. The summed E-state index contributed by atoms with van der Waals surface area (Å²) in [6.07, 6.45) is 10.5. The van der Waals surface area contributed by atoms with Gasteiger partial charge in [0.1, 0.15) is 29.6 Å². The zero-order valence-corrected chi connectivity index (χ0v) is 41.3. The Labute approximate surface area is 418 Å². The van der Waals surface area contributed by atoms with Crippen molar-refractivity contribution >= 4 is 5.69 Å². The second kappa shape index (κ2) is 20.9. The Morgan fingerprint density at radius 1 is 0.479 bits per heavy atom. The van der Waals surface area contributed by atoms with Crippen molar-refractivity contribution < 1.29 is 14.2 Å². The number of likely N-dealkylation sites (tertiary alicyclic amines) is 2. The normalized spacial score (nSPS) is 18.5. The number of methoxy groups -OCH3 is 1. The molecule has 6 heterocycles. The molecule has 4 aliphatic rings. The van der Waals surface area contributed by atoms with Crippen LogP contribution in [0, 0.1) is 0 Å². The molecule has 10 heteroatoms. The molecule has 6 aromatic carbocycles. The van der Waals surface area contributed by atoms with E-state index in [1.165, 1.54) is 38.9 Å². The van der Waals surface area contributed by atoms with Gasteiger partial charge < -0.3 is 38.9 Å². The summed E-state index contributed by atoms with van der Waals surface area (Å²) >= 11 is 0. The van der Waals surface area contributed by atoms with Crippen LogP contribution in [0.25, 0.3) is 44.8 Å². The third-order valence-corrected chi connectivity index (χ3v) is 15.0. The van der Waals surface area contributed by atoms with Gasteiger partial charge in [-0.05, 0) is 121 Å². The number of piperidine rings is 2. The zero-order chi connectivity index (χ0) is 48.3. The molecule has 71 heavy (non-hydrogen) atoms. The smallest absolute Gasteiger partial charge is 0.143 e. The molecule has 2 aromatic heterocycles. The number of aryl methyl sites for hydroxylation is 2. The van der Waals surface area contributed by atoms with Crippen LogP contribution in [0.15, 0.2) is 158 Å². The van der Waals surface area contributed by atoms with Crippen molar-refractivity contribution in [2.45, 2.75) is 76.0 Å². The van der Waals surface area contributed by atoms with E-state index >= 15 is 0 Å². The Morgan fingerprint density at radius 3 is 1.38 bits per heavy atom. The topological polar surface area (TPSA) is 95.8 Å². The van der Waals surface area contributed by atoms with Gasteiger partial charge in [-0.15, -0.1) is 0 Å². The summed E-state index contributed by atoms with van der Waals surface area (Å²) in [5.41, 5.74) is 21.2. The number of aromatic nitrogens is 4. The number of fused-ring (bicyclic) bond motifs is 4. The number of imidazole rings is 2. The molecule has 0 saturated carbocycles. The summed E-state index contributed by atoms with van der Waals surface area (Å²) < 4.78 is 24.1. The van der Waals surface area contributed by atoms with Crippen LogP contribution in [0.2, 0.25) is 0 Å². The average molecular weight is 944 g/mol. The quantitative estimate of drug-likeness (QED) is 0.143. The van der Waals surface area contributed by atoms with Crippen molar-refractivity contribution in [3.05, 3.63) is 192 Å². The number of nitrogens with two attached hydrogens (primary N) is 1. The zero-order valence-electron chi connectivity index (χ0n) is 41.3. The van der Waals surface area contributed by atoms with Gasteiger partial charge in [0.2, 0.25) is 0 Å². The Hall–Kier alpha value is -6.82. The van der Waals surface area contributed by atoms with Crippen LogP contribution in [0.3, 0.4) is 0 Å². The van der Waals surface area contributed by atoms with E-state index in [0.29, 0.717) is 0 Å². The lowest BCUT2D eigenvalue weighted by molar-refractivity contribution is -0.0276. The molecule has 0 aliphatic carbocycles. The molecule has 4 aliphatic heterocycles. The van der Waals surface area contributed by atoms with E-state index in [2.05, 4.69) is 161 Å². The van der Waals surface area contributed by atoms with E-state index in [9.17, 15) is 0 Å². The van der Waals surface area contributed by atoms with E-state index in [4.69, 9.17) is 29.9 Å². The van der Waals surface area contributed by atoms with Gasteiger partial charge in [0, 0.05) is 68.5 Å². The highest BCUT2D eigenvalue weighted by Crippen LogP contribution is 2.42. The highest BCUT2D eigenvalue weighted by atomic mass is 16.5. The standard InChI is InChI=1S/C31H33N3O2.C30H32N4O/c1-33-17-14-24(15-18-33)36-30-28-13-7-12-26(23-10-6-11-25(20-23)35-2)27(28)16-19-34-21-29(32-31(30)34)22-8-4-3-5-9-22;1-33-16-13-24(14-17-33)35-29-27-12-6-11-25(22-9-5-10-23(31)19-22)26(27)15-18-34-20-28(32-30(29)34)21-7-3-2-4-8-21/h3-13,20-21,24,30H,14-19H2,1-2H3;2-12,19-20,24,29H,13-18,31H2,1H3. The molecule has 0 amide bonds. The van der Waals surface area contributed by atoms with Crippen LogP contribution in [0.4, 0.5) is 5.69 Å². The minimum Gasteiger partial charge on any atom is -0.497 e. The predicted molar refractivity (Wildman–Crippen MR) is 284 cm³/mol. The van der Waals surface area contributed by atoms with Gasteiger partial charge in [-0.2, -0.15) is 0 Å². The molecule has 2 unspecified atom stereocenters. The molecular weight excluding hydrogens is 879 g/mol. The first-order valence-electron chi connectivity index (χ1n) is 25.5. The van der Waals surface area contributed by atoms with Crippen LogP contribution in [-0.2, 0) is 35.4 Å². The number of anilines is 1. The van der Waals surface area contributed by atoms with Crippen LogP contribution in [-0.4, -0.2) is 88.5 Å². The van der Waals surface area contributed by atoms with Crippen molar-refractivity contribution in [2.75, 3.05) is 53.1 Å². The Balaban J connectivity index is 0.000000154. The van der Waals surface area contributed by atoms with Crippen molar-refractivity contribution in [1.29, 1.82) is 0 Å². The summed E-state index contributed by atoms with van der Waals surface area (Å²) in [5, 5.41) is 0. The van der Waals surface area contributed by atoms with Crippen LogP contribution >= 0.6 is 0 Å². The maximum absolute atomic E-state index is 6.96. The molecule has 2 atom stereocenters. The van der Waals surface area contributed by atoms with Gasteiger partial charge in [0.15, 0.2) is 0 Å². The lowest BCUT2D eigenvalue weighted by Crippen LogP contribution is -2.35. The third-order valence-electron chi connectivity index (χ3n) is 15.0. The summed E-state index contributed by atoms with van der Waals surface area (Å²) in [5.74, 6) is 2.89. The fraction of sp³-hybridized carbons (Fsp3) is 0.311. The maximum atomic E-state index is 6.96. The van der Waals surface area contributed by atoms with Crippen molar-refractivity contribution in [3.8, 4) is 50.5 Å². The SMILES string of the molecule is CN1CCC(OC2c3cccc(-c4cccc(N)c4)c3CCn3cc(-c4ccccc4)nc32)CC1.COc1cccc(-c2cccc3c2CCn2cc(-c4ccccc4)nc2C3OC2CCN(C)CC2)c1. The third kappa shape index (κ3) is 10.1. The molecule has 0 radical (unpaired) electrons. The number of nitrogen functional groups attached to an aromatic ring is 1. The number of benzene rings is 6. The number of hydrogen-bond donors (Lipinski definition) is 1. The second-order valence-corrected chi connectivity index (χ2v) is 19.7. The fourth-order valence-electron chi connectivity index (χ4n) is 11.1. The summed E-state index contributed by atoms with van der Waals surface area (Å²) in [6, 6.07) is 50.7. The highest BCUT2D eigenvalue weighted by molar-refractivity contribution is 5.73. The number of ether oxygens (including phenoxy) is 3. The second-order valence-electron chi connectivity index (χ2n) is 19.7. The Kier molecular flexibility index (Phi) is 13.7. The molecule has 0 bridgehead atoms. The van der Waals surface area contributed by atoms with E-state index in [1.807, 2.05) is 30.3 Å². The molecule has 12 rings (SSSR count). The summed E-state index contributed by atoms with van der Waals surface area (Å²) in [7, 11) is 6.10. The number of rotatable bonds is 9. The van der Waals surface area contributed by atoms with Crippen molar-refractivity contribution in [1.82, 2.24) is 28.9 Å². The van der Waals surface area contributed by atoms with E-state index in [0.717, 1.165) is 129 Å². The first-order valence-corrected chi connectivity index (χ1v) is 25.5. The molecule has 10 nitrogen and oxygen atoms in total. The lowest BCUT2D eigenvalue weighted by Gasteiger charge is -2.32. The minimum absolute atomic E-state index is 0.195. The maximum Gasteiger partial charge on any atom is 0.143 e. The van der Waals surface area contributed by atoms with Crippen molar-refractivity contribution in [3.63, 3.8) is 0 Å². The molecule has 2 fully saturated rings. The van der Waals surface area contributed by atoms with Gasteiger partial charge in [-0.3, -0.25) is 0 Å². The lowest BCUT2D eigenvalue weighted by atomic mass is 9.91. The summed E-state index contributed by atoms with van der Waals surface area (Å²) in [4.78, 5) is 15.1. The monoisotopic (exact) mass is 944 g/mol. The van der Waals surface area contributed by atoms with E-state index in [1.54, 1.807) is 7.11 Å². The van der Waals surface area contributed by atoms with Crippen LogP contribution in [0.5, 0.6) is 5.75 Å². The van der Waals surface area contributed by atoms with Gasteiger partial charge in [0.05, 0.1) is 30.7 Å². The Morgan fingerprint density at radius 2 is 0.915 bits per heavy atom. The molecular formula is C61H65N7O3. The van der Waals surface area contributed by atoms with Crippen molar-refractivity contribution in [2.24, 2.45) is 0 Å². The van der Waals surface area contributed by atoms with Gasteiger partial charge in [0.25, 0.3) is 0 Å². The molecule has 2 N–H and O–H groups in total. The number of hydrogen-bond acceptors (Lipinski definition) is 8. The van der Waals surface area contributed by atoms with Gasteiger partial charge in [-0.25, -0.2) is 9.97 Å². The van der Waals surface area contributed by atoms with Gasteiger partial charge >= 0.3 is 0 Å². The fourth-order valence-corrected chi connectivity index (χ4v) is 11.1. The minimum atomic E-state index is -0.195. The highest BCUT2D eigenvalue weighted by Gasteiger charge is 2.34. The summed E-state index contributed by atoms with van der Waals surface area (Å²) in [6.45, 7) is 6.01. The largest absolute Gasteiger partial charge is 0.497 e. The molecule has 8 aromatic rings. The van der Waals surface area contributed by atoms with Crippen LogP contribution in [0.1, 0.15) is 71.8 Å². The molecule has 2 saturated heterocycles. The Bertz CT molecular complexity index is 3080. The first-order chi connectivity index (χ1) is 34.8. The first kappa shape index (κ1) is 46.6. The molecule has 362 valence electrons.